The van der Waals surface area contributed by atoms with Crippen LogP contribution in [0.2, 0.25) is 5.02 Å². The van der Waals surface area contributed by atoms with Gasteiger partial charge in [0, 0.05) is 11.5 Å². The highest BCUT2D eigenvalue weighted by Gasteiger charge is 2.20. The van der Waals surface area contributed by atoms with E-state index in [1.807, 2.05) is 36.4 Å². The molecule has 32 heavy (non-hydrogen) atoms. The number of ether oxygens (including phenoxy) is 1. The lowest BCUT2D eigenvalue weighted by Crippen LogP contribution is -2.13. The van der Waals surface area contributed by atoms with E-state index >= 15 is 0 Å². The quantitative estimate of drug-likeness (QED) is 0.374. The van der Waals surface area contributed by atoms with Crippen molar-refractivity contribution >= 4 is 50.1 Å². The second-order valence-electron chi connectivity index (χ2n) is 6.37. The number of hydrogen-bond acceptors (Lipinski definition) is 8. The number of sulfone groups is 1. The van der Waals surface area contributed by atoms with Gasteiger partial charge in [0.05, 0.1) is 10.8 Å². The second-order valence-corrected chi connectivity index (χ2v) is 9.70. The van der Waals surface area contributed by atoms with Gasteiger partial charge in [0.15, 0.2) is 0 Å². The van der Waals surface area contributed by atoms with Crippen LogP contribution in [0.25, 0.3) is 6.08 Å². The molecule has 8 nitrogen and oxygen atoms in total. The van der Waals surface area contributed by atoms with Gasteiger partial charge in [-0.15, -0.1) is 0 Å². The highest BCUT2D eigenvalue weighted by Crippen LogP contribution is 2.27. The molecular weight excluding hydrogens is 472 g/mol. The first-order valence-electron chi connectivity index (χ1n) is 9.28. The van der Waals surface area contributed by atoms with Gasteiger partial charge in [-0.05, 0) is 29.3 Å². The summed E-state index contributed by atoms with van der Waals surface area (Å²) < 4.78 is 33.1. The van der Waals surface area contributed by atoms with Crippen molar-refractivity contribution < 1.29 is 17.9 Å². The van der Waals surface area contributed by atoms with E-state index < -0.39 is 15.7 Å². The summed E-state index contributed by atoms with van der Waals surface area (Å²) in [6, 6.07) is 16.3. The number of aromatic nitrogens is 2. The number of halogens is 1. The Morgan fingerprint density at radius 2 is 2.03 bits per heavy atom. The lowest BCUT2D eigenvalue weighted by molar-refractivity contribution is -0.112. The van der Waals surface area contributed by atoms with E-state index in [9.17, 15) is 18.5 Å². The standard InChI is InChI=1S/C21H17ClN4O4S2/c1-2-32(28,29)21-25-20(31-26-21)24-19(27)16(12-23)10-15-8-9-18(17(22)11-15)30-13-14-6-4-3-5-7-14/h3-11H,2,13H2,1H3,(H,24,25,26,27). The van der Waals surface area contributed by atoms with Gasteiger partial charge in [-0.2, -0.15) is 14.6 Å². The Morgan fingerprint density at radius 3 is 2.69 bits per heavy atom. The molecule has 11 heteroatoms. The van der Waals surface area contributed by atoms with Crippen LogP contribution in [0.4, 0.5) is 5.13 Å². The van der Waals surface area contributed by atoms with Crippen molar-refractivity contribution in [1.82, 2.24) is 9.36 Å². The minimum absolute atomic E-state index is 0.0223. The molecule has 0 spiro atoms. The van der Waals surface area contributed by atoms with Gasteiger partial charge in [0.2, 0.25) is 15.0 Å². The molecule has 0 unspecified atom stereocenters. The van der Waals surface area contributed by atoms with E-state index in [4.69, 9.17) is 16.3 Å². The molecule has 0 atom stereocenters. The number of amides is 1. The van der Waals surface area contributed by atoms with E-state index in [2.05, 4.69) is 14.7 Å². The molecule has 0 bridgehead atoms. The molecule has 0 fully saturated rings. The number of nitrogens with one attached hydrogen (secondary N) is 1. The van der Waals surface area contributed by atoms with Gasteiger partial charge in [-0.1, -0.05) is 54.9 Å². The molecule has 1 aromatic heterocycles. The molecule has 1 heterocycles. The summed E-state index contributed by atoms with van der Waals surface area (Å²) in [6.07, 6.45) is 1.35. The largest absolute Gasteiger partial charge is 0.487 e. The first-order chi connectivity index (χ1) is 15.3. The minimum Gasteiger partial charge on any atom is -0.487 e. The maximum atomic E-state index is 12.4. The Bertz CT molecular complexity index is 1300. The number of benzene rings is 2. The highest BCUT2D eigenvalue weighted by atomic mass is 35.5. The maximum absolute atomic E-state index is 12.4. The smallest absolute Gasteiger partial charge is 0.268 e. The molecule has 0 aliphatic carbocycles. The Balaban J connectivity index is 1.71. The second kappa shape index (κ2) is 10.4. The SMILES string of the molecule is CCS(=O)(=O)c1nsc(NC(=O)C(C#N)=Cc2ccc(OCc3ccccc3)c(Cl)c2)n1. The van der Waals surface area contributed by atoms with Crippen LogP contribution in [0.1, 0.15) is 18.1 Å². The Hall–Kier alpha value is -3.26. The van der Waals surface area contributed by atoms with Crippen LogP contribution in [0, 0.1) is 11.3 Å². The van der Waals surface area contributed by atoms with Gasteiger partial charge >= 0.3 is 0 Å². The molecule has 0 saturated carbocycles. The number of carbonyl (C=O) groups is 1. The molecule has 0 aliphatic heterocycles. The zero-order chi connectivity index (χ0) is 23.1. The summed E-state index contributed by atoms with van der Waals surface area (Å²) in [4.78, 5) is 16.2. The van der Waals surface area contributed by atoms with Crippen LogP contribution in [0.5, 0.6) is 5.75 Å². The van der Waals surface area contributed by atoms with E-state index in [1.54, 1.807) is 18.2 Å². The van der Waals surface area contributed by atoms with Crippen molar-refractivity contribution in [3.63, 3.8) is 0 Å². The van der Waals surface area contributed by atoms with Crippen LogP contribution in [0.15, 0.2) is 59.3 Å². The summed E-state index contributed by atoms with van der Waals surface area (Å²) in [6.45, 7) is 1.81. The molecule has 0 aliphatic rings. The van der Waals surface area contributed by atoms with Gasteiger partial charge in [-0.25, -0.2) is 8.42 Å². The van der Waals surface area contributed by atoms with Gasteiger partial charge in [0.1, 0.15) is 24.0 Å². The van der Waals surface area contributed by atoms with Crippen molar-refractivity contribution in [3.05, 3.63) is 70.3 Å². The summed E-state index contributed by atoms with van der Waals surface area (Å²) in [5, 5.41) is 11.7. The van der Waals surface area contributed by atoms with Gasteiger partial charge in [-0.3, -0.25) is 10.1 Å². The molecule has 2 aromatic carbocycles. The molecule has 1 amide bonds. The van der Waals surface area contributed by atoms with Crippen molar-refractivity contribution in [2.75, 3.05) is 11.1 Å². The van der Waals surface area contributed by atoms with Crippen LogP contribution in [-0.2, 0) is 21.2 Å². The summed E-state index contributed by atoms with van der Waals surface area (Å²) in [5.41, 5.74) is 1.29. The molecule has 3 rings (SSSR count). The van der Waals surface area contributed by atoms with Crippen LogP contribution in [-0.4, -0.2) is 29.4 Å². The van der Waals surface area contributed by atoms with Gasteiger partial charge in [0.25, 0.3) is 11.1 Å². The number of rotatable bonds is 8. The Labute approximate surface area is 194 Å². The van der Waals surface area contributed by atoms with Gasteiger partial charge < -0.3 is 4.74 Å². The molecule has 164 valence electrons. The average molecular weight is 489 g/mol. The number of nitrogens with zero attached hydrogens (tertiary/aromatic N) is 3. The Morgan fingerprint density at radius 1 is 1.28 bits per heavy atom. The normalized spacial score (nSPS) is 11.6. The number of anilines is 1. The predicted octanol–water partition coefficient (Wildman–Crippen LogP) is 4.11. The molecule has 1 N–H and O–H groups in total. The maximum Gasteiger partial charge on any atom is 0.268 e. The number of nitriles is 1. The van der Waals surface area contributed by atoms with E-state index in [1.165, 1.54) is 13.0 Å². The van der Waals surface area contributed by atoms with Crippen molar-refractivity contribution in [3.8, 4) is 11.8 Å². The first-order valence-corrected chi connectivity index (χ1v) is 12.1. The third kappa shape index (κ3) is 5.91. The molecule has 0 radical (unpaired) electrons. The summed E-state index contributed by atoms with van der Waals surface area (Å²) in [5.74, 6) is -0.439. The van der Waals surface area contributed by atoms with Crippen molar-refractivity contribution in [2.24, 2.45) is 0 Å². The topological polar surface area (TPSA) is 122 Å². The predicted molar refractivity (Wildman–Crippen MR) is 122 cm³/mol. The molecule has 0 saturated heterocycles. The zero-order valence-corrected chi connectivity index (χ0v) is 19.2. The van der Waals surface area contributed by atoms with Crippen molar-refractivity contribution in [1.29, 1.82) is 5.26 Å². The van der Waals surface area contributed by atoms with E-state index in [0.717, 1.165) is 5.56 Å². The summed E-state index contributed by atoms with van der Waals surface area (Å²) >= 11 is 7.00. The molecular formula is C21H17ClN4O4S2. The molecule has 3 aromatic rings. The highest BCUT2D eigenvalue weighted by molar-refractivity contribution is 7.91. The third-order valence-electron chi connectivity index (χ3n) is 4.16. The number of carbonyl (C=O) groups excluding carboxylic acids is 1. The van der Waals surface area contributed by atoms with Crippen molar-refractivity contribution in [2.45, 2.75) is 18.7 Å². The van der Waals surface area contributed by atoms with Crippen LogP contribution < -0.4 is 10.1 Å². The fraction of sp³-hybridized carbons (Fsp3) is 0.143. The monoisotopic (exact) mass is 488 g/mol. The third-order valence-corrected chi connectivity index (χ3v) is 6.70. The fourth-order valence-corrected chi connectivity index (χ4v) is 4.28. The Kier molecular flexibility index (Phi) is 7.58. The number of hydrogen-bond donors (Lipinski definition) is 1. The fourth-order valence-electron chi connectivity index (χ4n) is 2.46. The van der Waals surface area contributed by atoms with Crippen LogP contribution in [0.3, 0.4) is 0 Å². The van der Waals surface area contributed by atoms with E-state index in [-0.39, 0.29) is 21.6 Å². The minimum atomic E-state index is -3.59. The van der Waals surface area contributed by atoms with E-state index in [0.29, 0.717) is 34.5 Å². The first kappa shape index (κ1) is 23.4. The average Bonchev–Trinajstić information content (AvgIpc) is 3.27. The summed E-state index contributed by atoms with van der Waals surface area (Å²) in [7, 11) is -3.59. The van der Waals surface area contributed by atoms with Crippen LogP contribution >= 0.6 is 23.1 Å². The lowest BCUT2D eigenvalue weighted by atomic mass is 10.1. The zero-order valence-electron chi connectivity index (χ0n) is 16.8. The lowest BCUT2D eigenvalue weighted by Gasteiger charge is -2.09.